The maximum Gasteiger partial charge on any atom is 0.349 e. The van der Waals surface area contributed by atoms with Crippen molar-refractivity contribution < 1.29 is 19.1 Å². The molecule has 254 valence electrons. The summed E-state index contributed by atoms with van der Waals surface area (Å²) in [6.45, 7) is 3.97. The third-order valence-electron chi connectivity index (χ3n) is 7.72. The van der Waals surface area contributed by atoms with Crippen LogP contribution in [0.5, 0.6) is 0 Å². The van der Waals surface area contributed by atoms with Crippen LogP contribution in [-0.4, -0.2) is 41.8 Å². The number of esters is 2. The SMILES string of the molecule is COC(=O)c1cnc(C(C)=NC(c2ccccc2)c2ccccc2)s1.COC(=O)c1cnc([C@@H](C)NC(c2ccccc2)c2ccccc2)s1. The molecule has 6 rings (SSSR count). The van der Waals surface area contributed by atoms with E-state index in [1.165, 1.54) is 54.2 Å². The molecule has 0 bridgehead atoms. The van der Waals surface area contributed by atoms with E-state index in [0.29, 0.717) is 9.75 Å². The van der Waals surface area contributed by atoms with Crippen LogP contribution in [0.2, 0.25) is 0 Å². The maximum atomic E-state index is 11.6. The molecule has 2 aromatic heterocycles. The summed E-state index contributed by atoms with van der Waals surface area (Å²) in [5.74, 6) is -0.724. The van der Waals surface area contributed by atoms with E-state index in [1.54, 1.807) is 6.20 Å². The number of aliphatic imine (C=N–C) groups is 1. The van der Waals surface area contributed by atoms with Crippen LogP contribution in [0.1, 0.15) is 83.6 Å². The smallest absolute Gasteiger partial charge is 0.349 e. The van der Waals surface area contributed by atoms with E-state index in [9.17, 15) is 9.59 Å². The Kier molecular flexibility index (Phi) is 12.9. The number of nitrogens with zero attached hydrogens (tertiary/aromatic N) is 3. The first-order chi connectivity index (χ1) is 24.4. The van der Waals surface area contributed by atoms with Crippen LogP contribution < -0.4 is 5.32 Å². The number of carbonyl (C=O) groups excluding carboxylic acids is 2. The number of benzene rings is 4. The van der Waals surface area contributed by atoms with Crippen LogP contribution in [0, 0.1) is 0 Å². The zero-order chi connectivity index (χ0) is 35.3. The Bertz CT molecular complexity index is 1900. The van der Waals surface area contributed by atoms with Gasteiger partial charge in [-0.2, -0.15) is 0 Å². The van der Waals surface area contributed by atoms with Crippen molar-refractivity contribution in [2.24, 2.45) is 4.99 Å². The van der Waals surface area contributed by atoms with E-state index >= 15 is 0 Å². The molecule has 0 fully saturated rings. The fourth-order valence-electron chi connectivity index (χ4n) is 5.18. The second kappa shape index (κ2) is 17.9. The Morgan fingerprint density at radius 1 is 0.640 bits per heavy atom. The molecule has 4 aromatic carbocycles. The van der Waals surface area contributed by atoms with Gasteiger partial charge in [0.2, 0.25) is 0 Å². The van der Waals surface area contributed by atoms with E-state index < -0.39 is 0 Å². The molecule has 0 amide bonds. The molecule has 0 saturated carbocycles. The summed E-state index contributed by atoms with van der Waals surface area (Å²) in [6.07, 6.45) is 3.11. The van der Waals surface area contributed by atoms with E-state index in [1.807, 2.05) is 79.7 Å². The molecule has 0 spiro atoms. The van der Waals surface area contributed by atoms with Crippen molar-refractivity contribution in [3.63, 3.8) is 0 Å². The van der Waals surface area contributed by atoms with Gasteiger partial charge in [0.05, 0.1) is 44.4 Å². The first kappa shape index (κ1) is 36.0. The summed E-state index contributed by atoms with van der Waals surface area (Å²) in [5, 5.41) is 5.21. The van der Waals surface area contributed by atoms with Crippen molar-refractivity contribution in [1.29, 1.82) is 0 Å². The van der Waals surface area contributed by atoms with E-state index in [2.05, 4.69) is 70.7 Å². The molecule has 0 saturated heterocycles. The summed E-state index contributed by atoms with van der Waals surface area (Å²) in [6, 6.07) is 40.8. The Morgan fingerprint density at radius 2 is 1.06 bits per heavy atom. The predicted molar refractivity (Wildman–Crippen MR) is 200 cm³/mol. The summed E-state index contributed by atoms with van der Waals surface area (Å²) >= 11 is 2.65. The fourth-order valence-corrected chi connectivity index (χ4v) is 6.81. The van der Waals surface area contributed by atoms with Crippen molar-refractivity contribution in [2.75, 3.05) is 14.2 Å². The lowest BCUT2D eigenvalue weighted by Crippen LogP contribution is -2.25. The van der Waals surface area contributed by atoms with Crippen LogP contribution in [0.15, 0.2) is 139 Å². The van der Waals surface area contributed by atoms with Gasteiger partial charge in [0.1, 0.15) is 25.8 Å². The lowest BCUT2D eigenvalue weighted by molar-refractivity contribution is 0.0597. The Labute approximate surface area is 300 Å². The van der Waals surface area contributed by atoms with Gasteiger partial charge in [-0.05, 0) is 36.1 Å². The van der Waals surface area contributed by atoms with Crippen molar-refractivity contribution in [1.82, 2.24) is 15.3 Å². The van der Waals surface area contributed by atoms with E-state index in [4.69, 9.17) is 14.5 Å². The van der Waals surface area contributed by atoms with Crippen LogP contribution >= 0.6 is 22.7 Å². The topological polar surface area (TPSA) is 103 Å². The molecule has 0 aliphatic carbocycles. The van der Waals surface area contributed by atoms with Gasteiger partial charge in [-0.15, -0.1) is 22.7 Å². The lowest BCUT2D eigenvalue weighted by atomic mass is 9.98. The number of ether oxygens (including phenoxy) is 2. The summed E-state index contributed by atoms with van der Waals surface area (Å²) in [4.78, 5) is 37.8. The third-order valence-corrected chi connectivity index (χ3v) is 9.96. The molecule has 50 heavy (non-hydrogen) atoms. The highest BCUT2D eigenvalue weighted by molar-refractivity contribution is 7.15. The molecule has 8 nitrogen and oxygen atoms in total. The first-order valence-electron chi connectivity index (χ1n) is 16.0. The highest BCUT2D eigenvalue weighted by atomic mass is 32.1. The highest BCUT2D eigenvalue weighted by Gasteiger charge is 2.21. The number of aromatic nitrogens is 2. The van der Waals surface area contributed by atoms with Crippen LogP contribution in [-0.2, 0) is 9.47 Å². The molecule has 1 N–H and O–H groups in total. The summed E-state index contributed by atoms with van der Waals surface area (Å²) in [7, 11) is 2.74. The van der Waals surface area contributed by atoms with Crippen molar-refractivity contribution >= 4 is 40.3 Å². The third kappa shape index (κ3) is 9.44. The number of thiazole rings is 2. The highest BCUT2D eigenvalue weighted by Crippen LogP contribution is 2.29. The number of carbonyl (C=O) groups is 2. The molecule has 0 aliphatic rings. The fraction of sp³-hybridized carbons (Fsp3) is 0.175. The summed E-state index contributed by atoms with van der Waals surface area (Å²) < 4.78 is 9.50. The Balaban J connectivity index is 0.000000194. The lowest BCUT2D eigenvalue weighted by Gasteiger charge is -2.23. The first-order valence-corrected chi connectivity index (χ1v) is 17.6. The molecular formula is C40H38N4O4S2. The molecule has 6 aromatic rings. The van der Waals surface area contributed by atoms with Gasteiger partial charge in [-0.25, -0.2) is 19.6 Å². The monoisotopic (exact) mass is 702 g/mol. The average Bonchev–Trinajstić information content (AvgIpc) is 3.89. The summed E-state index contributed by atoms with van der Waals surface area (Å²) in [5.41, 5.74) is 5.38. The minimum atomic E-state index is -0.376. The zero-order valence-electron chi connectivity index (χ0n) is 28.2. The quantitative estimate of drug-likeness (QED) is 0.106. The Morgan fingerprint density at radius 3 is 1.52 bits per heavy atom. The number of hydrogen-bond donors (Lipinski definition) is 1. The van der Waals surface area contributed by atoms with Gasteiger partial charge < -0.3 is 9.47 Å². The standard InChI is InChI=1S/C20H20N2O2S.C20H18N2O2S/c2*1-14(19-21-13-17(25-19)20(23)24-2)22-18(15-9-5-3-6-10-15)16-11-7-4-8-12-16/h3-14,18,22H,1-2H3;3-13,18H,1-2H3/t14-;/m1./s1. The second-order valence-corrected chi connectivity index (χ2v) is 13.2. The molecular weight excluding hydrogens is 665 g/mol. The van der Waals surface area contributed by atoms with Crippen molar-refractivity contribution in [3.8, 4) is 0 Å². The molecule has 0 radical (unpaired) electrons. The van der Waals surface area contributed by atoms with Crippen molar-refractivity contribution in [2.45, 2.75) is 32.0 Å². The van der Waals surface area contributed by atoms with Gasteiger partial charge in [0, 0.05) is 0 Å². The molecule has 10 heteroatoms. The minimum absolute atomic E-state index is 0.00572. The van der Waals surface area contributed by atoms with Gasteiger partial charge in [0.25, 0.3) is 0 Å². The van der Waals surface area contributed by atoms with Crippen molar-refractivity contribution in [3.05, 3.63) is 176 Å². The van der Waals surface area contributed by atoms with Gasteiger partial charge in [-0.1, -0.05) is 121 Å². The van der Waals surface area contributed by atoms with E-state index in [-0.39, 0.29) is 30.1 Å². The largest absolute Gasteiger partial charge is 0.465 e. The number of nitrogens with one attached hydrogen (secondary N) is 1. The molecule has 0 aliphatic heterocycles. The molecule has 1 atom stereocenters. The predicted octanol–water partition coefficient (Wildman–Crippen LogP) is 8.90. The van der Waals surface area contributed by atoms with Gasteiger partial charge in [0.15, 0.2) is 0 Å². The maximum absolute atomic E-state index is 11.6. The van der Waals surface area contributed by atoms with E-state index in [0.717, 1.165) is 26.9 Å². The minimum Gasteiger partial charge on any atom is -0.465 e. The number of methoxy groups -OCH3 is 2. The average molecular weight is 703 g/mol. The second-order valence-electron chi connectivity index (χ2n) is 11.2. The Hall–Kier alpha value is -5.29. The van der Waals surface area contributed by atoms with Gasteiger partial charge >= 0.3 is 11.9 Å². The number of hydrogen-bond acceptors (Lipinski definition) is 10. The van der Waals surface area contributed by atoms with Crippen LogP contribution in [0.4, 0.5) is 0 Å². The molecule has 0 unspecified atom stereocenters. The molecule has 2 heterocycles. The van der Waals surface area contributed by atoms with Crippen LogP contribution in [0.25, 0.3) is 0 Å². The zero-order valence-corrected chi connectivity index (χ0v) is 29.9. The normalized spacial score (nSPS) is 11.8. The van der Waals surface area contributed by atoms with Crippen LogP contribution in [0.3, 0.4) is 0 Å². The number of rotatable bonds is 11. The van der Waals surface area contributed by atoms with Gasteiger partial charge in [-0.3, -0.25) is 10.3 Å².